The number of carbonyl (C=O) groups is 2. The van der Waals surface area contributed by atoms with E-state index in [-0.39, 0.29) is 18.9 Å². The standard InChI is InChI=1S/C12H18N4O3/c1-2-5-13-10(17)9-19-11(18)4-8-16-12-14-6-3-7-15-12/h3,6-7H,2,4-5,8-9H2,1H3,(H,13,17)(H,14,15,16). The Morgan fingerprint density at radius 2 is 2.00 bits per heavy atom. The number of amides is 1. The summed E-state index contributed by atoms with van der Waals surface area (Å²) in [5.41, 5.74) is 0. The average molecular weight is 266 g/mol. The fourth-order valence-corrected chi connectivity index (χ4v) is 1.20. The third-order valence-electron chi connectivity index (χ3n) is 2.11. The molecule has 19 heavy (non-hydrogen) atoms. The molecule has 0 aromatic carbocycles. The average Bonchev–Trinajstić information content (AvgIpc) is 2.44. The van der Waals surface area contributed by atoms with Gasteiger partial charge < -0.3 is 15.4 Å². The number of esters is 1. The van der Waals surface area contributed by atoms with Gasteiger partial charge in [0.1, 0.15) is 0 Å². The van der Waals surface area contributed by atoms with Gasteiger partial charge in [0.2, 0.25) is 5.95 Å². The fraction of sp³-hybridized carbons (Fsp3) is 0.500. The Balaban J connectivity index is 2.10. The summed E-state index contributed by atoms with van der Waals surface area (Å²) in [5, 5.41) is 5.49. The van der Waals surface area contributed by atoms with E-state index in [0.717, 1.165) is 6.42 Å². The zero-order valence-electron chi connectivity index (χ0n) is 10.9. The molecule has 0 bridgehead atoms. The number of ether oxygens (including phenoxy) is 1. The van der Waals surface area contributed by atoms with E-state index in [1.807, 2.05) is 6.92 Å². The molecule has 0 fully saturated rings. The molecule has 1 rings (SSSR count). The molecule has 104 valence electrons. The minimum Gasteiger partial charge on any atom is -0.456 e. The molecule has 1 aromatic heterocycles. The zero-order valence-corrected chi connectivity index (χ0v) is 10.9. The quantitative estimate of drug-likeness (QED) is 0.659. The van der Waals surface area contributed by atoms with Gasteiger partial charge in [-0.1, -0.05) is 6.92 Å². The van der Waals surface area contributed by atoms with Crippen LogP contribution in [0.2, 0.25) is 0 Å². The van der Waals surface area contributed by atoms with E-state index in [2.05, 4.69) is 20.6 Å². The van der Waals surface area contributed by atoms with E-state index in [1.165, 1.54) is 0 Å². The van der Waals surface area contributed by atoms with E-state index in [9.17, 15) is 9.59 Å². The maximum absolute atomic E-state index is 11.3. The highest BCUT2D eigenvalue weighted by Gasteiger charge is 2.06. The Morgan fingerprint density at radius 3 is 2.68 bits per heavy atom. The number of carbonyl (C=O) groups excluding carboxylic acids is 2. The van der Waals surface area contributed by atoms with Crippen molar-refractivity contribution in [2.75, 3.05) is 25.0 Å². The van der Waals surface area contributed by atoms with Crippen molar-refractivity contribution in [3.05, 3.63) is 18.5 Å². The Kier molecular flexibility index (Phi) is 6.93. The number of rotatable bonds is 8. The molecule has 7 heteroatoms. The lowest BCUT2D eigenvalue weighted by Gasteiger charge is -2.06. The van der Waals surface area contributed by atoms with E-state index in [1.54, 1.807) is 18.5 Å². The van der Waals surface area contributed by atoms with Crippen molar-refractivity contribution in [2.45, 2.75) is 19.8 Å². The first kappa shape index (κ1) is 14.9. The van der Waals surface area contributed by atoms with Crippen molar-refractivity contribution in [3.8, 4) is 0 Å². The molecule has 0 unspecified atom stereocenters. The summed E-state index contributed by atoms with van der Waals surface area (Å²) in [6, 6.07) is 1.70. The molecule has 1 heterocycles. The highest BCUT2D eigenvalue weighted by Crippen LogP contribution is 1.95. The molecule has 0 spiro atoms. The van der Waals surface area contributed by atoms with Gasteiger partial charge >= 0.3 is 5.97 Å². The molecule has 0 aliphatic rings. The van der Waals surface area contributed by atoms with Gasteiger partial charge in [-0.2, -0.15) is 0 Å². The smallest absolute Gasteiger partial charge is 0.308 e. The topological polar surface area (TPSA) is 93.2 Å². The lowest BCUT2D eigenvalue weighted by molar-refractivity contribution is -0.148. The van der Waals surface area contributed by atoms with Crippen LogP contribution in [0.25, 0.3) is 0 Å². The SMILES string of the molecule is CCCNC(=O)COC(=O)CCNc1ncccn1. The molecule has 0 saturated carbocycles. The Bertz CT molecular complexity index is 397. The van der Waals surface area contributed by atoms with Crippen molar-refractivity contribution >= 4 is 17.8 Å². The van der Waals surface area contributed by atoms with Crippen LogP contribution in [0.4, 0.5) is 5.95 Å². The monoisotopic (exact) mass is 266 g/mol. The molecule has 7 nitrogen and oxygen atoms in total. The van der Waals surface area contributed by atoms with Crippen LogP contribution >= 0.6 is 0 Å². The number of aromatic nitrogens is 2. The van der Waals surface area contributed by atoms with Crippen LogP contribution in [-0.2, 0) is 14.3 Å². The largest absolute Gasteiger partial charge is 0.456 e. The summed E-state index contributed by atoms with van der Waals surface area (Å²) in [7, 11) is 0. The van der Waals surface area contributed by atoms with Gasteiger partial charge in [0.05, 0.1) is 6.42 Å². The molecule has 1 amide bonds. The van der Waals surface area contributed by atoms with Crippen molar-refractivity contribution in [2.24, 2.45) is 0 Å². The summed E-state index contributed by atoms with van der Waals surface area (Å²) >= 11 is 0. The number of nitrogens with one attached hydrogen (secondary N) is 2. The predicted molar refractivity (Wildman–Crippen MR) is 69.4 cm³/mol. The first-order chi connectivity index (χ1) is 9.22. The minimum absolute atomic E-state index is 0.152. The molecule has 0 atom stereocenters. The van der Waals surface area contributed by atoms with Crippen LogP contribution in [-0.4, -0.2) is 41.5 Å². The van der Waals surface area contributed by atoms with E-state index in [0.29, 0.717) is 19.0 Å². The van der Waals surface area contributed by atoms with Crippen LogP contribution in [0, 0.1) is 0 Å². The van der Waals surface area contributed by atoms with Crippen LogP contribution < -0.4 is 10.6 Å². The molecular weight excluding hydrogens is 248 g/mol. The lowest BCUT2D eigenvalue weighted by Crippen LogP contribution is -2.29. The van der Waals surface area contributed by atoms with Crippen LogP contribution in [0.5, 0.6) is 0 Å². The summed E-state index contributed by atoms with van der Waals surface area (Å²) in [5.74, 6) is -0.263. The lowest BCUT2D eigenvalue weighted by atomic mass is 10.4. The van der Waals surface area contributed by atoms with Crippen LogP contribution in [0.1, 0.15) is 19.8 Å². The second-order valence-corrected chi connectivity index (χ2v) is 3.76. The van der Waals surface area contributed by atoms with Crippen molar-refractivity contribution in [3.63, 3.8) is 0 Å². The van der Waals surface area contributed by atoms with Crippen molar-refractivity contribution in [1.82, 2.24) is 15.3 Å². The number of hydrogen-bond acceptors (Lipinski definition) is 6. The molecule has 0 aliphatic carbocycles. The van der Waals surface area contributed by atoms with Gasteiger partial charge in [-0.05, 0) is 12.5 Å². The highest BCUT2D eigenvalue weighted by atomic mass is 16.5. The second kappa shape index (κ2) is 8.84. The summed E-state index contributed by atoms with van der Waals surface area (Å²) in [6.45, 7) is 2.66. The maximum Gasteiger partial charge on any atom is 0.308 e. The van der Waals surface area contributed by atoms with Crippen molar-refractivity contribution in [1.29, 1.82) is 0 Å². The highest BCUT2D eigenvalue weighted by molar-refractivity contribution is 5.80. The normalized spacial score (nSPS) is 9.74. The molecular formula is C12H18N4O3. The van der Waals surface area contributed by atoms with Crippen LogP contribution in [0.3, 0.4) is 0 Å². The maximum atomic E-state index is 11.3. The molecule has 0 radical (unpaired) electrons. The fourth-order valence-electron chi connectivity index (χ4n) is 1.20. The number of hydrogen-bond donors (Lipinski definition) is 2. The number of anilines is 1. The van der Waals surface area contributed by atoms with E-state index < -0.39 is 5.97 Å². The molecule has 1 aromatic rings. The first-order valence-electron chi connectivity index (χ1n) is 6.15. The van der Waals surface area contributed by atoms with Crippen molar-refractivity contribution < 1.29 is 14.3 Å². The van der Waals surface area contributed by atoms with Crippen LogP contribution in [0.15, 0.2) is 18.5 Å². The van der Waals surface area contributed by atoms with Gasteiger partial charge in [-0.25, -0.2) is 9.97 Å². The van der Waals surface area contributed by atoms with Gasteiger partial charge in [0.15, 0.2) is 6.61 Å². The number of nitrogens with zero attached hydrogens (tertiary/aromatic N) is 2. The second-order valence-electron chi connectivity index (χ2n) is 3.76. The van der Waals surface area contributed by atoms with Gasteiger partial charge in [-0.15, -0.1) is 0 Å². The van der Waals surface area contributed by atoms with Gasteiger partial charge in [0.25, 0.3) is 5.91 Å². The summed E-state index contributed by atoms with van der Waals surface area (Å²) in [4.78, 5) is 30.4. The Hall–Kier alpha value is -2.18. The van der Waals surface area contributed by atoms with Gasteiger partial charge in [-0.3, -0.25) is 9.59 Å². The van der Waals surface area contributed by atoms with E-state index >= 15 is 0 Å². The summed E-state index contributed by atoms with van der Waals surface area (Å²) < 4.78 is 4.81. The summed E-state index contributed by atoms with van der Waals surface area (Å²) in [6.07, 6.45) is 4.21. The molecule has 2 N–H and O–H groups in total. The molecule has 0 aliphatic heterocycles. The van der Waals surface area contributed by atoms with E-state index in [4.69, 9.17) is 4.74 Å². The van der Waals surface area contributed by atoms with Gasteiger partial charge in [0, 0.05) is 25.5 Å². The zero-order chi connectivity index (χ0) is 13.9. The third-order valence-corrected chi connectivity index (χ3v) is 2.11. The minimum atomic E-state index is -0.435. The Labute approximate surface area is 111 Å². The molecule has 0 saturated heterocycles. The Morgan fingerprint density at radius 1 is 1.26 bits per heavy atom. The predicted octanol–water partition coefficient (Wildman–Crippen LogP) is 0.348. The third kappa shape index (κ3) is 6.97. The first-order valence-corrected chi connectivity index (χ1v) is 6.15.